The van der Waals surface area contributed by atoms with E-state index in [4.69, 9.17) is 21.0 Å². The van der Waals surface area contributed by atoms with E-state index in [9.17, 15) is 0 Å². The van der Waals surface area contributed by atoms with Gasteiger partial charge >= 0.3 is 0 Å². The van der Waals surface area contributed by atoms with Crippen molar-refractivity contribution in [2.24, 2.45) is 0 Å². The van der Waals surface area contributed by atoms with E-state index in [1.165, 1.54) is 0 Å². The summed E-state index contributed by atoms with van der Waals surface area (Å²) in [7, 11) is 0. The number of hydrogen-bond acceptors (Lipinski definition) is 4. The fourth-order valence-electron chi connectivity index (χ4n) is 2.64. The Morgan fingerprint density at radius 1 is 0.611 bits per heavy atom. The number of nitrogens with zero attached hydrogens (tertiary/aromatic N) is 4. The average molecular weight is 232 g/mol. The third kappa shape index (κ3) is 1.58. The first kappa shape index (κ1) is 11.7. The summed E-state index contributed by atoms with van der Waals surface area (Å²) in [6.07, 6.45) is 2.77. The molecule has 0 unspecified atom stereocenters. The van der Waals surface area contributed by atoms with Gasteiger partial charge in [0.1, 0.15) is 35.4 Å². The second-order valence-electron chi connectivity index (χ2n) is 4.11. The van der Waals surface area contributed by atoms with Crippen molar-refractivity contribution < 1.29 is 0 Å². The van der Waals surface area contributed by atoms with Crippen LogP contribution in [0.15, 0.2) is 33.4 Å². The SMILES string of the molecule is N#CC(C#N)=C1CCC2=C1CCC2=C(C#N)C#N. The van der Waals surface area contributed by atoms with Crippen molar-refractivity contribution in [3.05, 3.63) is 33.4 Å². The number of hydrogen-bond donors (Lipinski definition) is 0. The molecule has 0 saturated carbocycles. The Morgan fingerprint density at radius 3 is 1.22 bits per heavy atom. The predicted molar refractivity (Wildman–Crippen MR) is 62.0 cm³/mol. The second-order valence-corrected chi connectivity index (χ2v) is 4.11. The van der Waals surface area contributed by atoms with Gasteiger partial charge < -0.3 is 0 Å². The van der Waals surface area contributed by atoms with Crippen LogP contribution in [-0.4, -0.2) is 0 Å². The third-order valence-corrected chi connectivity index (χ3v) is 3.39. The van der Waals surface area contributed by atoms with Crippen LogP contribution in [0.4, 0.5) is 0 Å². The third-order valence-electron chi connectivity index (χ3n) is 3.39. The first-order chi connectivity index (χ1) is 8.76. The predicted octanol–water partition coefficient (Wildman–Crippen LogP) is 2.56. The Bertz CT molecular complexity index is 583. The lowest BCUT2D eigenvalue weighted by Crippen LogP contribution is -1.89. The summed E-state index contributed by atoms with van der Waals surface area (Å²) in [5.74, 6) is 0. The molecular formula is C14H8N4. The van der Waals surface area contributed by atoms with Gasteiger partial charge in [0.2, 0.25) is 0 Å². The van der Waals surface area contributed by atoms with Gasteiger partial charge in [-0.25, -0.2) is 0 Å². The summed E-state index contributed by atoms with van der Waals surface area (Å²) >= 11 is 0. The molecule has 0 radical (unpaired) electrons. The minimum atomic E-state index is 0.164. The molecule has 0 fully saturated rings. The fraction of sp³-hybridized carbons (Fsp3) is 0.286. The monoisotopic (exact) mass is 232 g/mol. The summed E-state index contributed by atoms with van der Waals surface area (Å²) in [6, 6.07) is 7.67. The summed E-state index contributed by atoms with van der Waals surface area (Å²) < 4.78 is 0. The molecule has 0 atom stereocenters. The Balaban J connectivity index is 2.58. The van der Waals surface area contributed by atoms with E-state index in [1.807, 2.05) is 24.3 Å². The van der Waals surface area contributed by atoms with Crippen LogP contribution in [0, 0.1) is 45.3 Å². The van der Waals surface area contributed by atoms with Crippen molar-refractivity contribution >= 4 is 0 Å². The van der Waals surface area contributed by atoms with Crippen LogP contribution >= 0.6 is 0 Å². The Kier molecular flexibility index (Phi) is 2.97. The quantitative estimate of drug-likeness (QED) is 0.599. The maximum Gasteiger partial charge on any atom is 0.133 e. The lowest BCUT2D eigenvalue weighted by molar-refractivity contribution is 0.926. The molecule has 0 aromatic heterocycles. The highest BCUT2D eigenvalue weighted by molar-refractivity contribution is 5.63. The molecule has 0 aromatic carbocycles. The Labute approximate surface area is 105 Å². The number of allylic oxidation sites excluding steroid dienone is 6. The zero-order valence-electron chi connectivity index (χ0n) is 9.62. The topological polar surface area (TPSA) is 95.2 Å². The van der Waals surface area contributed by atoms with Gasteiger partial charge in [-0.1, -0.05) is 0 Å². The first-order valence-electron chi connectivity index (χ1n) is 5.56. The lowest BCUT2D eigenvalue weighted by atomic mass is 10.00. The second kappa shape index (κ2) is 4.58. The summed E-state index contributed by atoms with van der Waals surface area (Å²) in [5, 5.41) is 35.6. The van der Waals surface area contributed by atoms with Crippen molar-refractivity contribution in [3.63, 3.8) is 0 Å². The van der Waals surface area contributed by atoms with E-state index in [0.717, 1.165) is 35.1 Å². The normalized spacial score (nSPS) is 16.4. The van der Waals surface area contributed by atoms with E-state index >= 15 is 0 Å². The van der Waals surface area contributed by atoms with Crippen LogP contribution in [0.25, 0.3) is 0 Å². The fourth-order valence-corrected chi connectivity index (χ4v) is 2.64. The van der Waals surface area contributed by atoms with Crippen molar-refractivity contribution in [3.8, 4) is 24.3 Å². The highest BCUT2D eigenvalue weighted by Crippen LogP contribution is 2.47. The molecule has 84 valence electrons. The van der Waals surface area contributed by atoms with Gasteiger partial charge in [0.15, 0.2) is 0 Å². The van der Waals surface area contributed by atoms with Gasteiger partial charge in [0.25, 0.3) is 0 Å². The van der Waals surface area contributed by atoms with Crippen molar-refractivity contribution in [1.29, 1.82) is 21.0 Å². The van der Waals surface area contributed by atoms with Crippen LogP contribution in [0.1, 0.15) is 25.7 Å². The van der Waals surface area contributed by atoms with Crippen LogP contribution in [0.5, 0.6) is 0 Å². The minimum absolute atomic E-state index is 0.164. The van der Waals surface area contributed by atoms with Crippen molar-refractivity contribution in [2.75, 3.05) is 0 Å². The largest absolute Gasteiger partial charge is 0.192 e. The summed E-state index contributed by atoms with van der Waals surface area (Å²) in [5.41, 5.74) is 3.95. The van der Waals surface area contributed by atoms with Crippen LogP contribution in [0.2, 0.25) is 0 Å². The molecule has 2 aliphatic carbocycles. The Hall–Kier alpha value is -2.82. The van der Waals surface area contributed by atoms with Crippen molar-refractivity contribution in [1.82, 2.24) is 0 Å². The molecule has 0 spiro atoms. The molecule has 0 amide bonds. The summed E-state index contributed by atoms with van der Waals surface area (Å²) in [4.78, 5) is 0. The van der Waals surface area contributed by atoms with Gasteiger partial charge in [-0.3, -0.25) is 0 Å². The van der Waals surface area contributed by atoms with Gasteiger partial charge in [-0.05, 0) is 48.0 Å². The smallest absolute Gasteiger partial charge is 0.133 e. The van der Waals surface area contributed by atoms with Crippen LogP contribution in [0.3, 0.4) is 0 Å². The minimum Gasteiger partial charge on any atom is -0.192 e. The summed E-state index contributed by atoms with van der Waals surface area (Å²) in [6.45, 7) is 0. The molecule has 0 saturated heterocycles. The number of rotatable bonds is 0. The van der Waals surface area contributed by atoms with E-state index in [1.54, 1.807) is 0 Å². The van der Waals surface area contributed by atoms with Gasteiger partial charge in [0, 0.05) is 0 Å². The zero-order chi connectivity index (χ0) is 13.1. The molecule has 2 aliphatic rings. The van der Waals surface area contributed by atoms with Crippen LogP contribution in [-0.2, 0) is 0 Å². The molecule has 0 bridgehead atoms. The molecule has 0 N–H and O–H groups in total. The van der Waals surface area contributed by atoms with E-state index < -0.39 is 0 Å². The van der Waals surface area contributed by atoms with E-state index in [-0.39, 0.29) is 11.1 Å². The van der Waals surface area contributed by atoms with Crippen molar-refractivity contribution in [2.45, 2.75) is 25.7 Å². The van der Waals surface area contributed by atoms with E-state index in [0.29, 0.717) is 12.8 Å². The molecule has 0 aliphatic heterocycles. The lowest BCUT2D eigenvalue weighted by Gasteiger charge is -2.02. The molecule has 0 aromatic rings. The zero-order valence-corrected chi connectivity index (χ0v) is 9.62. The van der Waals surface area contributed by atoms with E-state index in [2.05, 4.69) is 0 Å². The van der Waals surface area contributed by atoms with Gasteiger partial charge in [-0.15, -0.1) is 0 Å². The molecule has 2 rings (SSSR count). The maximum absolute atomic E-state index is 8.90. The first-order valence-corrected chi connectivity index (χ1v) is 5.56. The standard InChI is InChI=1S/C14H8N4/c15-5-9(6-16)11-1-3-13-12(2-4-14(11)13)10(7-17)8-18/h1-4H2. The van der Waals surface area contributed by atoms with Gasteiger partial charge in [0.05, 0.1) is 0 Å². The molecule has 4 heteroatoms. The average Bonchev–Trinajstić information content (AvgIpc) is 2.96. The van der Waals surface area contributed by atoms with Gasteiger partial charge in [-0.2, -0.15) is 21.0 Å². The Morgan fingerprint density at radius 2 is 0.944 bits per heavy atom. The highest BCUT2D eigenvalue weighted by atomic mass is 14.4. The molecule has 0 heterocycles. The highest BCUT2D eigenvalue weighted by Gasteiger charge is 2.31. The van der Waals surface area contributed by atoms with Crippen LogP contribution < -0.4 is 0 Å². The maximum atomic E-state index is 8.90. The number of nitriles is 4. The molecular weight excluding hydrogens is 224 g/mol. The molecule has 4 nitrogen and oxygen atoms in total. The molecule has 18 heavy (non-hydrogen) atoms.